The molecule has 1 unspecified atom stereocenters. The molecule has 2 aliphatic heterocycles. The summed E-state index contributed by atoms with van der Waals surface area (Å²) in [6, 6.07) is 17.8. The van der Waals surface area contributed by atoms with E-state index in [1.54, 1.807) is 0 Å². The number of aryl methyl sites for hydroxylation is 1. The molecule has 0 bridgehead atoms. The molecule has 1 N–H and O–H groups in total. The molecule has 0 radical (unpaired) electrons. The first-order valence-electron chi connectivity index (χ1n) is 11.7. The Morgan fingerprint density at radius 3 is 2.39 bits per heavy atom. The number of benzene rings is 2. The second kappa shape index (κ2) is 9.68. The molecule has 5 rings (SSSR count). The van der Waals surface area contributed by atoms with E-state index >= 15 is 0 Å². The standard InChI is InChI=1S/C26H33N2OS.BrH/c1-2-20-9-15-24(16-10-20)27-19-26(29,28-17-6-18-30-25(27)28)23-13-11-22(12-14-23)21-7-4-3-5-8-21;/h9-16,21,29H,2-8,17-19H2,1H3;1H/q+1;/p-1. The normalized spacial score (nSPS) is 24.1. The van der Waals surface area contributed by atoms with Crippen molar-refractivity contribution in [1.82, 2.24) is 0 Å². The molecular weight excluding hydrogens is 468 g/mol. The molecule has 5 heteroatoms. The number of rotatable bonds is 4. The Balaban J connectivity index is 0.00000231. The quantitative estimate of drug-likeness (QED) is 0.653. The third-order valence-corrected chi connectivity index (χ3v) is 8.34. The summed E-state index contributed by atoms with van der Waals surface area (Å²) < 4.78 is 2.24. The fraction of sp³-hybridized carbons (Fsp3) is 0.500. The van der Waals surface area contributed by atoms with Crippen LogP contribution in [0.2, 0.25) is 0 Å². The van der Waals surface area contributed by atoms with Crippen molar-refractivity contribution >= 4 is 22.6 Å². The predicted octanol–water partition coefficient (Wildman–Crippen LogP) is 2.47. The fourth-order valence-corrected chi connectivity index (χ4v) is 6.50. The van der Waals surface area contributed by atoms with Gasteiger partial charge < -0.3 is 22.1 Å². The lowest BCUT2D eigenvalue weighted by Gasteiger charge is -2.26. The molecule has 0 amide bonds. The van der Waals surface area contributed by atoms with Crippen LogP contribution in [0.4, 0.5) is 5.69 Å². The molecule has 166 valence electrons. The van der Waals surface area contributed by atoms with Gasteiger partial charge in [-0.1, -0.05) is 62.6 Å². The van der Waals surface area contributed by atoms with Gasteiger partial charge in [0.15, 0.2) is 6.54 Å². The molecule has 3 nitrogen and oxygen atoms in total. The third kappa shape index (κ3) is 4.34. The molecule has 1 aliphatic carbocycles. The zero-order valence-corrected chi connectivity index (χ0v) is 20.8. The maximum absolute atomic E-state index is 11.9. The molecule has 1 atom stereocenters. The number of nitrogens with zero attached hydrogens (tertiary/aromatic N) is 2. The van der Waals surface area contributed by atoms with E-state index in [1.807, 2.05) is 11.8 Å². The van der Waals surface area contributed by atoms with Gasteiger partial charge in [0, 0.05) is 11.3 Å². The Hall–Kier alpha value is -1.30. The highest BCUT2D eigenvalue weighted by Crippen LogP contribution is 2.39. The third-order valence-electron chi connectivity index (χ3n) is 7.15. The van der Waals surface area contributed by atoms with Crippen LogP contribution >= 0.6 is 11.8 Å². The number of hydrogen-bond donors (Lipinski definition) is 1. The van der Waals surface area contributed by atoms with E-state index in [0.29, 0.717) is 12.5 Å². The van der Waals surface area contributed by atoms with Gasteiger partial charge in [0.25, 0.3) is 5.72 Å². The van der Waals surface area contributed by atoms with E-state index in [4.69, 9.17) is 0 Å². The van der Waals surface area contributed by atoms with Crippen molar-refractivity contribution in [1.29, 1.82) is 0 Å². The van der Waals surface area contributed by atoms with Gasteiger partial charge in [0.2, 0.25) is 0 Å². The molecule has 31 heavy (non-hydrogen) atoms. The zero-order chi connectivity index (χ0) is 20.6. The lowest BCUT2D eigenvalue weighted by molar-refractivity contribution is -0.656. The minimum absolute atomic E-state index is 0. The summed E-state index contributed by atoms with van der Waals surface area (Å²) in [5, 5.41) is 13.1. The van der Waals surface area contributed by atoms with Crippen molar-refractivity contribution in [3.63, 3.8) is 0 Å². The van der Waals surface area contributed by atoms with Gasteiger partial charge in [-0.3, -0.25) is 0 Å². The molecule has 2 heterocycles. The number of aliphatic hydroxyl groups is 1. The van der Waals surface area contributed by atoms with Gasteiger partial charge in [0.1, 0.15) is 5.69 Å². The van der Waals surface area contributed by atoms with Crippen LogP contribution in [-0.2, 0) is 12.1 Å². The maximum Gasteiger partial charge on any atom is 0.316 e. The summed E-state index contributed by atoms with van der Waals surface area (Å²) in [6.07, 6.45) is 8.87. The maximum atomic E-state index is 11.9. The van der Waals surface area contributed by atoms with Crippen molar-refractivity contribution in [3.8, 4) is 0 Å². The summed E-state index contributed by atoms with van der Waals surface area (Å²) >= 11 is 1.88. The molecule has 1 fully saturated rings. The van der Waals surface area contributed by atoms with Crippen LogP contribution in [0, 0.1) is 0 Å². The molecule has 0 saturated heterocycles. The van der Waals surface area contributed by atoms with Crippen LogP contribution in [0.25, 0.3) is 0 Å². The second-order valence-electron chi connectivity index (χ2n) is 9.02. The summed E-state index contributed by atoms with van der Waals surface area (Å²) in [5.74, 6) is 1.82. The van der Waals surface area contributed by atoms with E-state index in [2.05, 4.69) is 64.9 Å². The Morgan fingerprint density at radius 2 is 1.71 bits per heavy atom. The molecule has 0 aromatic heterocycles. The minimum Gasteiger partial charge on any atom is -1.00 e. The highest BCUT2D eigenvalue weighted by Gasteiger charge is 2.53. The fourth-order valence-electron chi connectivity index (χ4n) is 5.32. The first-order chi connectivity index (χ1) is 14.7. The monoisotopic (exact) mass is 500 g/mol. The van der Waals surface area contributed by atoms with Gasteiger partial charge in [-0.25, -0.2) is 9.48 Å². The van der Waals surface area contributed by atoms with Crippen LogP contribution in [-0.4, -0.2) is 33.7 Å². The Morgan fingerprint density at radius 1 is 1.00 bits per heavy atom. The van der Waals surface area contributed by atoms with E-state index < -0.39 is 5.72 Å². The summed E-state index contributed by atoms with van der Waals surface area (Å²) in [6.45, 7) is 3.68. The average Bonchev–Trinajstić information content (AvgIpc) is 3.14. The van der Waals surface area contributed by atoms with Crippen molar-refractivity contribution in [2.45, 2.75) is 63.5 Å². The first-order valence-corrected chi connectivity index (χ1v) is 12.6. The lowest BCUT2D eigenvalue weighted by atomic mass is 9.83. The highest BCUT2D eigenvalue weighted by molar-refractivity contribution is 8.13. The van der Waals surface area contributed by atoms with E-state index in [9.17, 15) is 5.11 Å². The molecular formula is C26H33BrN2OS. The van der Waals surface area contributed by atoms with Crippen LogP contribution in [0.3, 0.4) is 0 Å². The highest BCUT2D eigenvalue weighted by atomic mass is 79.9. The van der Waals surface area contributed by atoms with E-state index in [1.165, 1.54) is 54.1 Å². The topological polar surface area (TPSA) is 26.5 Å². The number of hydrogen-bond acceptors (Lipinski definition) is 3. The predicted molar refractivity (Wildman–Crippen MR) is 127 cm³/mol. The molecule has 2 aromatic carbocycles. The SMILES string of the molecule is CCc1ccc(N2CC(O)(c3ccc(C4CCCCC4)cc3)[N+]3=C2SCCC3)cc1.[Br-]. The molecule has 1 saturated carbocycles. The van der Waals surface area contributed by atoms with Gasteiger partial charge in [0.05, 0.1) is 6.54 Å². The van der Waals surface area contributed by atoms with Crippen LogP contribution in [0.5, 0.6) is 0 Å². The van der Waals surface area contributed by atoms with E-state index in [-0.39, 0.29) is 17.0 Å². The molecule has 0 spiro atoms. The van der Waals surface area contributed by atoms with Crippen molar-refractivity contribution in [2.24, 2.45) is 0 Å². The smallest absolute Gasteiger partial charge is 0.316 e. The number of anilines is 1. The molecule has 3 aliphatic rings. The summed E-state index contributed by atoms with van der Waals surface area (Å²) in [4.78, 5) is 2.32. The lowest BCUT2D eigenvalue weighted by Crippen LogP contribution is -3.00. The average molecular weight is 502 g/mol. The first kappa shape index (κ1) is 22.9. The second-order valence-corrected chi connectivity index (χ2v) is 10.1. The number of halogens is 1. The number of thioether (sulfide) groups is 1. The Bertz CT molecular complexity index is 921. The van der Waals surface area contributed by atoms with Crippen LogP contribution in [0.1, 0.15) is 68.1 Å². The largest absolute Gasteiger partial charge is 1.00 e. The molecule has 2 aromatic rings. The van der Waals surface area contributed by atoms with Crippen LogP contribution in [0.15, 0.2) is 48.5 Å². The van der Waals surface area contributed by atoms with Crippen molar-refractivity contribution in [2.75, 3.05) is 23.7 Å². The van der Waals surface area contributed by atoms with Gasteiger partial charge in [-0.15, -0.1) is 0 Å². The minimum atomic E-state index is -0.961. The van der Waals surface area contributed by atoms with Crippen molar-refractivity contribution < 1.29 is 26.7 Å². The Labute approximate surface area is 201 Å². The van der Waals surface area contributed by atoms with E-state index in [0.717, 1.165) is 30.7 Å². The van der Waals surface area contributed by atoms with Gasteiger partial charge >= 0.3 is 5.17 Å². The van der Waals surface area contributed by atoms with Crippen molar-refractivity contribution in [3.05, 3.63) is 65.2 Å². The number of β-amino-alcohol motifs (C(OH)–C–C–N with tert-alkyl or cyclic N) is 1. The summed E-state index contributed by atoms with van der Waals surface area (Å²) in [5.41, 5.74) is 4.04. The van der Waals surface area contributed by atoms with Gasteiger partial charge in [-0.05, 0) is 66.6 Å². The number of amidine groups is 1. The van der Waals surface area contributed by atoms with Crippen LogP contribution < -0.4 is 21.9 Å². The Kier molecular flexibility index (Phi) is 7.14. The van der Waals surface area contributed by atoms with Gasteiger partial charge in [-0.2, -0.15) is 0 Å². The summed E-state index contributed by atoms with van der Waals surface area (Å²) in [7, 11) is 0. The zero-order valence-electron chi connectivity index (χ0n) is 18.4.